The van der Waals surface area contributed by atoms with Gasteiger partial charge in [-0.2, -0.15) is 0 Å². The Kier molecular flexibility index (Phi) is 5.42. The minimum absolute atomic E-state index is 0.0352. The first-order chi connectivity index (χ1) is 15.4. The molecule has 0 spiro atoms. The van der Waals surface area contributed by atoms with Gasteiger partial charge in [0.05, 0.1) is 23.1 Å². The Balaban J connectivity index is 1.90. The number of amides is 1. The highest BCUT2D eigenvalue weighted by Gasteiger charge is 2.69. The summed E-state index contributed by atoms with van der Waals surface area (Å²) in [6.45, 7) is 0. The second-order valence-corrected chi connectivity index (χ2v) is 9.91. The van der Waals surface area contributed by atoms with Crippen molar-refractivity contribution in [3.63, 3.8) is 0 Å². The van der Waals surface area contributed by atoms with Crippen molar-refractivity contribution >= 4 is 51.3 Å². The van der Waals surface area contributed by atoms with Crippen molar-refractivity contribution in [2.24, 2.45) is 29.4 Å². The summed E-state index contributed by atoms with van der Waals surface area (Å²) in [6, 6.07) is 0.213. The number of phenols is 1. The Morgan fingerprint density at radius 2 is 1.88 bits per heavy atom. The molecular formula is C22H21BrN2O8. The lowest BCUT2D eigenvalue weighted by Crippen LogP contribution is -2.74. The van der Waals surface area contributed by atoms with Gasteiger partial charge in [0.1, 0.15) is 5.75 Å². The summed E-state index contributed by atoms with van der Waals surface area (Å²) in [6.07, 6.45) is 0.451. The van der Waals surface area contributed by atoms with E-state index in [-0.39, 0.29) is 24.0 Å². The molecule has 0 heterocycles. The predicted molar refractivity (Wildman–Crippen MR) is 114 cm³/mol. The number of carbonyl (C=O) groups excluding carboxylic acids is 6. The summed E-state index contributed by atoms with van der Waals surface area (Å²) < 4.78 is 0.395. The number of carbonyl (C=O) groups is 6. The third-order valence-electron chi connectivity index (χ3n) is 7.16. The molecule has 1 aromatic rings. The first kappa shape index (κ1) is 23.4. The first-order valence-electron chi connectivity index (χ1n) is 10.2. The van der Waals surface area contributed by atoms with Crippen molar-refractivity contribution in [1.82, 2.24) is 4.90 Å². The number of ketones is 4. The van der Waals surface area contributed by atoms with Crippen molar-refractivity contribution in [2.45, 2.75) is 24.5 Å². The number of hydrogen-bond acceptors (Lipinski definition) is 9. The van der Waals surface area contributed by atoms with Gasteiger partial charge in [-0.05, 0) is 44.5 Å². The minimum atomic E-state index is -2.77. The number of phenolic OH excluding ortho intramolecular Hbond substituents is 1. The van der Waals surface area contributed by atoms with E-state index in [9.17, 15) is 39.0 Å². The van der Waals surface area contributed by atoms with E-state index in [4.69, 9.17) is 5.73 Å². The quantitative estimate of drug-likeness (QED) is 0.348. The van der Waals surface area contributed by atoms with Gasteiger partial charge >= 0.3 is 0 Å². The number of likely N-dealkylation sites (N-methyl/N-ethyl adjacent to an activating group) is 1. The molecule has 4 N–H and O–H groups in total. The fourth-order valence-corrected chi connectivity index (χ4v) is 6.34. The van der Waals surface area contributed by atoms with E-state index in [1.807, 2.05) is 0 Å². The summed E-state index contributed by atoms with van der Waals surface area (Å²) in [5, 5.41) is 21.9. The number of aromatic hydroxyl groups is 1. The number of nitrogens with two attached hydrogens (primary N) is 1. The summed E-state index contributed by atoms with van der Waals surface area (Å²) in [4.78, 5) is 77.8. The van der Waals surface area contributed by atoms with Crippen LogP contribution in [-0.4, -0.2) is 76.2 Å². The van der Waals surface area contributed by atoms with Crippen LogP contribution in [0.4, 0.5) is 0 Å². The average Bonchev–Trinajstić information content (AvgIpc) is 2.72. The summed E-state index contributed by atoms with van der Waals surface area (Å²) in [7, 11) is 3.04. The van der Waals surface area contributed by atoms with Gasteiger partial charge < -0.3 is 15.9 Å². The Hall–Kier alpha value is -2.76. The van der Waals surface area contributed by atoms with Gasteiger partial charge in [-0.25, -0.2) is 0 Å². The topological polar surface area (TPSA) is 172 Å². The van der Waals surface area contributed by atoms with Gasteiger partial charge in [-0.15, -0.1) is 0 Å². The van der Waals surface area contributed by atoms with E-state index in [0.29, 0.717) is 16.3 Å². The smallest absolute Gasteiger partial charge is 0.235 e. The van der Waals surface area contributed by atoms with Gasteiger partial charge in [-0.3, -0.25) is 33.7 Å². The fourth-order valence-electron chi connectivity index (χ4n) is 5.74. The molecule has 2 saturated carbocycles. The van der Waals surface area contributed by atoms with E-state index >= 15 is 0 Å². The van der Waals surface area contributed by atoms with Crippen LogP contribution >= 0.6 is 15.9 Å². The number of primary amides is 1. The maximum absolute atomic E-state index is 13.6. The second kappa shape index (κ2) is 7.64. The highest BCUT2D eigenvalue weighted by molar-refractivity contribution is 9.10. The number of aldehydes is 1. The van der Waals surface area contributed by atoms with Crippen molar-refractivity contribution in [1.29, 1.82) is 0 Å². The number of nitrogens with zero attached hydrogens (tertiary/aromatic N) is 1. The molecule has 6 atom stereocenters. The zero-order valence-corrected chi connectivity index (χ0v) is 19.3. The SMILES string of the molecule is CN(C)[C@@H]1C(=O)C(C(N)=O)C(=O)[C@@]2(O)C(=O)C3C(=O)c4c(O)c(C=O)cc(Br)c4CC3CC12. The van der Waals surface area contributed by atoms with Crippen molar-refractivity contribution in [2.75, 3.05) is 14.1 Å². The lowest BCUT2D eigenvalue weighted by molar-refractivity contribution is -0.181. The number of rotatable bonds is 3. The van der Waals surface area contributed by atoms with Gasteiger partial charge in [0.2, 0.25) is 5.91 Å². The third kappa shape index (κ3) is 2.99. The Labute approximate surface area is 196 Å². The molecule has 2 fully saturated rings. The molecule has 11 heteroatoms. The van der Waals surface area contributed by atoms with Crippen LogP contribution < -0.4 is 5.73 Å². The molecule has 0 aliphatic heterocycles. The van der Waals surface area contributed by atoms with Gasteiger partial charge in [0.15, 0.2) is 40.9 Å². The summed E-state index contributed by atoms with van der Waals surface area (Å²) in [5.74, 6) is -11.3. The molecule has 4 rings (SSSR count). The number of Topliss-reactive ketones (excluding diaryl/α,β-unsaturated/α-hetero) is 4. The monoisotopic (exact) mass is 520 g/mol. The Bertz CT molecular complexity index is 1160. The van der Waals surface area contributed by atoms with Gasteiger partial charge in [0.25, 0.3) is 0 Å². The standard InChI is InChI=1S/C22H21BrN2O8/c1-25(2)15-10-4-7-3-9-11(23)5-8(6-26)16(27)13(9)17(28)12(7)19(30)22(10,33)20(31)14(18(15)29)21(24)32/h5-7,10,12,14-15,27,33H,3-4H2,1-2H3,(H2,24,32)/t7?,10?,12?,14?,15-,22-/m0/s1. The fraction of sp³-hybridized carbons (Fsp3) is 0.455. The van der Waals surface area contributed by atoms with Gasteiger partial charge in [0, 0.05) is 10.4 Å². The van der Waals surface area contributed by atoms with E-state index in [1.54, 1.807) is 0 Å². The van der Waals surface area contributed by atoms with Crippen LogP contribution in [0.2, 0.25) is 0 Å². The highest BCUT2D eigenvalue weighted by Crippen LogP contribution is 2.51. The van der Waals surface area contributed by atoms with Crippen molar-refractivity contribution in [3.05, 3.63) is 27.2 Å². The van der Waals surface area contributed by atoms with Crippen LogP contribution in [0.3, 0.4) is 0 Å². The Morgan fingerprint density at radius 1 is 1.24 bits per heavy atom. The minimum Gasteiger partial charge on any atom is -0.506 e. The number of halogens is 1. The third-order valence-corrected chi connectivity index (χ3v) is 7.87. The Morgan fingerprint density at radius 3 is 2.42 bits per heavy atom. The molecule has 0 saturated heterocycles. The number of fused-ring (bicyclic) bond motifs is 3. The van der Waals surface area contributed by atoms with Crippen molar-refractivity contribution < 1.29 is 39.0 Å². The molecule has 4 unspecified atom stereocenters. The molecule has 10 nitrogen and oxygen atoms in total. The first-order valence-corrected chi connectivity index (χ1v) is 11.0. The van der Waals surface area contributed by atoms with E-state index in [1.165, 1.54) is 25.1 Å². The molecule has 0 radical (unpaired) electrons. The summed E-state index contributed by atoms with van der Waals surface area (Å²) >= 11 is 3.30. The zero-order valence-electron chi connectivity index (χ0n) is 17.7. The zero-order chi connectivity index (χ0) is 24.6. The molecule has 0 bridgehead atoms. The maximum Gasteiger partial charge on any atom is 0.235 e. The lowest BCUT2D eigenvalue weighted by atomic mass is 9.52. The molecule has 1 amide bonds. The van der Waals surface area contributed by atoms with E-state index in [2.05, 4.69) is 15.9 Å². The van der Waals surface area contributed by atoms with E-state index in [0.717, 1.165) is 0 Å². The summed E-state index contributed by atoms with van der Waals surface area (Å²) in [5.41, 5.74) is 2.51. The van der Waals surface area contributed by atoms with Crippen molar-refractivity contribution in [3.8, 4) is 5.75 Å². The highest BCUT2D eigenvalue weighted by atomic mass is 79.9. The second-order valence-electron chi connectivity index (χ2n) is 9.06. The molecule has 174 valence electrons. The largest absolute Gasteiger partial charge is 0.506 e. The van der Waals surface area contributed by atoms with Crippen LogP contribution in [0.15, 0.2) is 10.5 Å². The van der Waals surface area contributed by atoms with Crippen LogP contribution in [-0.2, 0) is 25.6 Å². The van der Waals surface area contributed by atoms with E-state index < -0.39 is 70.1 Å². The number of aliphatic hydroxyl groups is 1. The molecular weight excluding hydrogens is 500 g/mol. The van der Waals surface area contributed by atoms with Gasteiger partial charge in [-0.1, -0.05) is 15.9 Å². The molecule has 3 aliphatic rings. The van der Waals surface area contributed by atoms with Crippen LogP contribution in [0.1, 0.15) is 32.7 Å². The average molecular weight is 521 g/mol. The molecule has 1 aromatic carbocycles. The van der Waals surface area contributed by atoms with Crippen LogP contribution in [0, 0.1) is 23.7 Å². The number of benzene rings is 1. The normalized spacial score (nSPS) is 33.4. The predicted octanol–water partition coefficient (Wildman–Crippen LogP) is -0.558. The maximum atomic E-state index is 13.6. The molecule has 0 aromatic heterocycles. The lowest BCUT2D eigenvalue weighted by Gasteiger charge is -2.52. The molecule has 33 heavy (non-hydrogen) atoms. The van der Waals surface area contributed by atoms with Crippen LogP contribution in [0.5, 0.6) is 5.75 Å². The van der Waals surface area contributed by atoms with Crippen LogP contribution in [0.25, 0.3) is 0 Å². The molecule has 3 aliphatic carbocycles. The number of hydrogen-bond donors (Lipinski definition) is 3.